The molecule has 0 aliphatic rings. The Kier molecular flexibility index (Phi) is 9.67. The largest absolute Gasteiger partial charge is 0.330 e. The van der Waals surface area contributed by atoms with Gasteiger partial charge >= 0.3 is 0 Å². The molecule has 1 amide bonds. The van der Waals surface area contributed by atoms with Crippen LogP contribution in [-0.4, -0.2) is 32.3 Å². The summed E-state index contributed by atoms with van der Waals surface area (Å²) in [6.07, 6.45) is 5.69. The molecule has 0 radical (unpaired) electrons. The third-order valence-electron chi connectivity index (χ3n) is 2.06. The lowest BCUT2D eigenvalue weighted by Gasteiger charge is -2.14. The van der Waals surface area contributed by atoms with Crippen LogP contribution in [0.5, 0.6) is 0 Å². The topological polar surface area (TPSA) is 67.2 Å². The maximum atomic E-state index is 10.3. The molecule has 0 aromatic rings. The van der Waals surface area contributed by atoms with Gasteiger partial charge in [0, 0.05) is 11.7 Å². The lowest BCUT2D eigenvalue weighted by atomic mass is 10.1. The number of rotatable bonds is 9. The molecule has 4 nitrogen and oxygen atoms in total. The van der Waals surface area contributed by atoms with E-state index in [1.807, 2.05) is 18.7 Å². The van der Waals surface area contributed by atoms with Crippen molar-refractivity contribution in [2.75, 3.05) is 19.8 Å². The van der Waals surface area contributed by atoms with Crippen LogP contribution in [0.25, 0.3) is 0 Å². The van der Waals surface area contributed by atoms with Gasteiger partial charge in [0.05, 0.1) is 0 Å². The Hall–Kier alpha value is -0.520. The van der Waals surface area contributed by atoms with Gasteiger partial charge in [-0.3, -0.25) is 4.79 Å². The first-order valence-electron chi connectivity index (χ1n) is 5.09. The van der Waals surface area contributed by atoms with Crippen molar-refractivity contribution in [1.29, 1.82) is 0 Å². The molecular formula is C10H21N3OS. The highest BCUT2D eigenvalue weighted by atomic mass is 32.2. The van der Waals surface area contributed by atoms with Gasteiger partial charge in [0.1, 0.15) is 0 Å². The van der Waals surface area contributed by atoms with Crippen LogP contribution in [0.2, 0.25) is 0 Å². The fourth-order valence-corrected chi connectivity index (χ4v) is 1.74. The van der Waals surface area contributed by atoms with Crippen LogP contribution in [0.4, 0.5) is 0 Å². The highest BCUT2D eigenvalue weighted by Gasteiger charge is 2.07. The van der Waals surface area contributed by atoms with E-state index in [-0.39, 0.29) is 6.04 Å². The molecule has 88 valence electrons. The van der Waals surface area contributed by atoms with E-state index >= 15 is 0 Å². The van der Waals surface area contributed by atoms with Crippen molar-refractivity contribution in [2.45, 2.75) is 25.3 Å². The van der Waals surface area contributed by atoms with Gasteiger partial charge in [-0.25, -0.2) is 0 Å². The van der Waals surface area contributed by atoms with E-state index in [1.165, 1.54) is 0 Å². The molecular weight excluding hydrogens is 210 g/mol. The van der Waals surface area contributed by atoms with Crippen LogP contribution < -0.4 is 16.4 Å². The summed E-state index contributed by atoms with van der Waals surface area (Å²) in [5.74, 6) is 0. The summed E-state index contributed by atoms with van der Waals surface area (Å²) in [5, 5.41) is 7.62. The molecule has 0 aliphatic carbocycles. The molecule has 0 bridgehead atoms. The molecule has 0 aromatic carbocycles. The zero-order chi connectivity index (χ0) is 11.5. The first-order valence-corrected chi connectivity index (χ1v) is 6.38. The minimum Gasteiger partial charge on any atom is -0.330 e. The smallest absolute Gasteiger partial charge is 0.211 e. The summed E-state index contributed by atoms with van der Waals surface area (Å²) in [6.45, 7) is 1.01. The first kappa shape index (κ1) is 14.5. The summed E-state index contributed by atoms with van der Waals surface area (Å²) < 4.78 is 0. The molecule has 15 heavy (non-hydrogen) atoms. The van der Waals surface area contributed by atoms with Crippen molar-refractivity contribution in [2.24, 2.45) is 5.73 Å². The summed E-state index contributed by atoms with van der Waals surface area (Å²) >= 11 is 1.55. The highest BCUT2D eigenvalue weighted by Crippen LogP contribution is 2.09. The molecule has 0 saturated carbocycles. The van der Waals surface area contributed by atoms with Crippen molar-refractivity contribution in [3.8, 4) is 0 Å². The van der Waals surface area contributed by atoms with Gasteiger partial charge < -0.3 is 16.4 Å². The summed E-state index contributed by atoms with van der Waals surface area (Å²) in [5.41, 5.74) is 6.76. The molecule has 0 spiro atoms. The van der Waals surface area contributed by atoms with Crippen molar-refractivity contribution in [3.63, 3.8) is 0 Å². The minimum absolute atomic E-state index is 0.0699. The Bertz CT molecular complexity index is 197. The molecule has 0 saturated heterocycles. The summed E-state index contributed by atoms with van der Waals surface area (Å²) in [4.78, 5) is 10.3. The second-order valence-corrected chi connectivity index (χ2v) is 3.98. The number of hydrogen-bond acceptors (Lipinski definition) is 4. The Morgan fingerprint density at radius 3 is 2.80 bits per heavy atom. The third kappa shape index (κ3) is 7.41. The van der Waals surface area contributed by atoms with Gasteiger partial charge in [0.25, 0.3) is 0 Å². The second kappa shape index (κ2) is 10.0. The number of thioether (sulfide) groups is 1. The molecule has 1 unspecified atom stereocenters. The van der Waals surface area contributed by atoms with Crippen molar-refractivity contribution >= 4 is 18.2 Å². The van der Waals surface area contributed by atoms with Gasteiger partial charge in [-0.05, 0) is 38.1 Å². The fraction of sp³-hybridized carbons (Fsp3) is 0.700. The lowest BCUT2D eigenvalue weighted by Crippen LogP contribution is -2.30. The maximum Gasteiger partial charge on any atom is 0.211 e. The number of unbranched alkanes of at least 4 members (excludes halogenated alkanes) is 1. The second-order valence-electron chi connectivity index (χ2n) is 3.28. The molecule has 0 heterocycles. The SMILES string of the molecule is CNCCCCC(N)/C(=C/SC)NC=O. The number of nitrogens with one attached hydrogen (secondary N) is 2. The van der Waals surface area contributed by atoms with E-state index in [1.54, 1.807) is 11.8 Å². The number of carbonyl (C=O) groups is 1. The van der Waals surface area contributed by atoms with Crippen LogP contribution >= 0.6 is 11.8 Å². The number of hydrogen-bond donors (Lipinski definition) is 3. The van der Waals surface area contributed by atoms with E-state index in [2.05, 4.69) is 10.6 Å². The van der Waals surface area contributed by atoms with Crippen LogP contribution in [0, 0.1) is 0 Å². The van der Waals surface area contributed by atoms with E-state index < -0.39 is 0 Å². The Morgan fingerprint density at radius 2 is 2.27 bits per heavy atom. The molecule has 0 aliphatic heterocycles. The van der Waals surface area contributed by atoms with E-state index in [0.717, 1.165) is 31.5 Å². The number of nitrogens with two attached hydrogens (primary N) is 1. The monoisotopic (exact) mass is 231 g/mol. The average Bonchev–Trinajstić information content (AvgIpc) is 2.24. The van der Waals surface area contributed by atoms with Crippen molar-refractivity contribution in [1.82, 2.24) is 10.6 Å². The Balaban J connectivity index is 3.86. The highest BCUT2D eigenvalue weighted by molar-refractivity contribution is 8.01. The quantitative estimate of drug-likeness (QED) is 0.403. The standard InChI is InChI=1S/C10H21N3OS/c1-12-6-4-3-5-9(11)10(7-15-2)13-8-14/h7-9,12H,3-6,11H2,1-2H3,(H,13,14)/b10-7-. The number of carbonyl (C=O) groups excluding carboxylic acids is 1. The first-order chi connectivity index (χ1) is 7.26. The van der Waals surface area contributed by atoms with Crippen molar-refractivity contribution < 1.29 is 4.79 Å². The Labute approximate surface area is 96.1 Å². The predicted molar refractivity (Wildman–Crippen MR) is 66.6 cm³/mol. The van der Waals surface area contributed by atoms with E-state index in [9.17, 15) is 4.79 Å². The van der Waals surface area contributed by atoms with Crippen LogP contribution in [-0.2, 0) is 4.79 Å². The van der Waals surface area contributed by atoms with Gasteiger partial charge in [0.15, 0.2) is 0 Å². The van der Waals surface area contributed by atoms with Crippen LogP contribution in [0.1, 0.15) is 19.3 Å². The van der Waals surface area contributed by atoms with Crippen LogP contribution in [0.3, 0.4) is 0 Å². The number of amides is 1. The Morgan fingerprint density at radius 1 is 1.53 bits per heavy atom. The average molecular weight is 231 g/mol. The third-order valence-corrected chi connectivity index (χ3v) is 2.55. The van der Waals surface area contributed by atoms with Gasteiger partial charge in [-0.1, -0.05) is 6.42 Å². The molecule has 0 fully saturated rings. The normalized spacial score (nSPS) is 13.7. The van der Waals surface area contributed by atoms with Crippen LogP contribution in [0.15, 0.2) is 11.1 Å². The summed E-state index contributed by atoms with van der Waals surface area (Å²) in [6, 6.07) is -0.0699. The molecule has 5 heteroatoms. The summed E-state index contributed by atoms with van der Waals surface area (Å²) in [7, 11) is 1.94. The molecule has 0 rings (SSSR count). The van der Waals surface area contributed by atoms with Gasteiger partial charge in [-0.15, -0.1) is 11.8 Å². The molecule has 4 N–H and O–H groups in total. The van der Waals surface area contributed by atoms with Crippen molar-refractivity contribution in [3.05, 3.63) is 11.1 Å². The fourth-order valence-electron chi connectivity index (χ4n) is 1.24. The zero-order valence-electron chi connectivity index (χ0n) is 9.45. The minimum atomic E-state index is -0.0699. The molecule has 1 atom stereocenters. The van der Waals surface area contributed by atoms with Gasteiger partial charge in [-0.2, -0.15) is 0 Å². The van der Waals surface area contributed by atoms with E-state index in [4.69, 9.17) is 5.73 Å². The predicted octanol–water partition coefficient (Wildman–Crippen LogP) is 0.654. The maximum absolute atomic E-state index is 10.3. The van der Waals surface area contributed by atoms with E-state index in [0.29, 0.717) is 6.41 Å². The zero-order valence-corrected chi connectivity index (χ0v) is 10.3. The molecule has 0 aromatic heterocycles. The lowest BCUT2D eigenvalue weighted by molar-refractivity contribution is -0.109. The van der Waals surface area contributed by atoms with Gasteiger partial charge in [0.2, 0.25) is 6.41 Å².